The van der Waals surface area contributed by atoms with Gasteiger partial charge in [0.2, 0.25) is 0 Å². The largest absolute Gasteiger partial charge is 0.508 e. The normalized spacial score (nSPS) is 10.6. The molecular formula is C16H19NO. The summed E-state index contributed by atoms with van der Waals surface area (Å²) < 4.78 is 0. The second-order valence-electron chi connectivity index (χ2n) is 4.80. The van der Waals surface area contributed by atoms with Gasteiger partial charge in [0.25, 0.3) is 0 Å². The van der Waals surface area contributed by atoms with Crippen LogP contribution in [-0.2, 0) is 6.54 Å². The molecule has 2 aromatic rings. The van der Waals surface area contributed by atoms with Crippen LogP contribution in [0.2, 0.25) is 0 Å². The number of benzene rings is 2. The molecule has 0 aliphatic carbocycles. The summed E-state index contributed by atoms with van der Waals surface area (Å²) in [6.45, 7) is 5.15. The molecule has 0 aliphatic rings. The van der Waals surface area contributed by atoms with E-state index in [1.54, 1.807) is 12.1 Å². The predicted octanol–water partition coefficient (Wildman–Crippen LogP) is 4.13. The number of rotatable bonds is 4. The Hall–Kier alpha value is -1.96. The maximum atomic E-state index is 9.37. The van der Waals surface area contributed by atoms with Crippen LogP contribution in [-0.4, -0.2) is 5.11 Å². The van der Waals surface area contributed by atoms with E-state index in [-0.39, 0.29) is 5.75 Å². The van der Waals surface area contributed by atoms with Gasteiger partial charge in [0.05, 0.1) is 0 Å². The molecule has 0 heterocycles. The van der Waals surface area contributed by atoms with Crippen molar-refractivity contribution < 1.29 is 5.11 Å². The third kappa shape index (κ3) is 3.27. The maximum Gasteiger partial charge on any atom is 0.117 e. The first-order valence-corrected chi connectivity index (χ1v) is 6.27. The molecule has 0 aromatic heterocycles. The average Bonchev–Trinajstić information content (AvgIpc) is 2.37. The van der Waals surface area contributed by atoms with Crippen LogP contribution in [0, 0.1) is 0 Å². The fraction of sp³-hybridized carbons (Fsp3) is 0.250. The maximum absolute atomic E-state index is 9.37. The number of hydrogen-bond acceptors (Lipinski definition) is 2. The first-order chi connectivity index (χ1) is 8.65. The van der Waals surface area contributed by atoms with Crippen LogP contribution in [0.25, 0.3) is 0 Å². The Labute approximate surface area is 108 Å². The zero-order chi connectivity index (χ0) is 13.0. The molecule has 2 N–H and O–H groups in total. The van der Waals surface area contributed by atoms with Crippen molar-refractivity contribution in [2.24, 2.45) is 0 Å². The Morgan fingerprint density at radius 1 is 1.06 bits per heavy atom. The van der Waals surface area contributed by atoms with Crippen molar-refractivity contribution in [1.29, 1.82) is 0 Å². The highest BCUT2D eigenvalue weighted by Gasteiger charge is 1.99. The van der Waals surface area contributed by atoms with E-state index in [1.807, 2.05) is 12.1 Å². The van der Waals surface area contributed by atoms with E-state index in [1.165, 1.54) is 11.1 Å². The van der Waals surface area contributed by atoms with Crippen molar-refractivity contribution in [2.75, 3.05) is 5.32 Å². The van der Waals surface area contributed by atoms with E-state index in [0.29, 0.717) is 5.92 Å². The van der Waals surface area contributed by atoms with Crippen LogP contribution in [0.4, 0.5) is 5.69 Å². The molecular weight excluding hydrogens is 222 g/mol. The van der Waals surface area contributed by atoms with Gasteiger partial charge in [-0.2, -0.15) is 0 Å². The van der Waals surface area contributed by atoms with E-state index in [2.05, 4.69) is 43.4 Å². The van der Waals surface area contributed by atoms with Crippen LogP contribution < -0.4 is 5.32 Å². The van der Waals surface area contributed by atoms with Gasteiger partial charge in [-0.25, -0.2) is 0 Å². The van der Waals surface area contributed by atoms with Crippen LogP contribution in [0.5, 0.6) is 5.75 Å². The summed E-state index contributed by atoms with van der Waals surface area (Å²) in [4.78, 5) is 0. The lowest BCUT2D eigenvalue weighted by atomic mass is 10.0. The Morgan fingerprint density at radius 3 is 2.39 bits per heavy atom. The molecule has 0 atom stereocenters. The Kier molecular flexibility index (Phi) is 3.88. The zero-order valence-electron chi connectivity index (χ0n) is 10.9. The van der Waals surface area contributed by atoms with Crippen molar-refractivity contribution in [2.45, 2.75) is 26.3 Å². The molecule has 0 radical (unpaired) electrons. The summed E-state index contributed by atoms with van der Waals surface area (Å²) in [7, 11) is 0. The average molecular weight is 241 g/mol. The van der Waals surface area contributed by atoms with Gasteiger partial charge >= 0.3 is 0 Å². The number of aromatic hydroxyl groups is 1. The molecule has 0 amide bonds. The summed E-state index contributed by atoms with van der Waals surface area (Å²) in [5.74, 6) is 0.855. The number of phenols is 1. The SMILES string of the molecule is CC(C)c1ccc(CNc2cccc(O)c2)cc1. The molecule has 2 heteroatoms. The Morgan fingerprint density at radius 2 is 1.78 bits per heavy atom. The van der Waals surface area contributed by atoms with Crippen LogP contribution in [0.1, 0.15) is 30.9 Å². The van der Waals surface area contributed by atoms with E-state index in [4.69, 9.17) is 0 Å². The molecule has 0 fully saturated rings. The smallest absolute Gasteiger partial charge is 0.117 e. The first-order valence-electron chi connectivity index (χ1n) is 6.27. The minimum atomic E-state index is 0.287. The number of phenolic OH excluding ortho intramolecular Hbond substituents is 1. The summed E-state index contributed by atoms with van der Waals surface area (Å²) in [5, 5.41) is 12.7. The lowest BCUT2D eigenvalue weighted by Crippen LogP contribution is -1.99. The van der Waals surface area contributed by atoms with Gasteiger partial charge in [0, 0.05) is 18.3 Å². The number of nitrogens with one attached hydrogen (secondary N) is 1. The van der Waals surface area contributed by atoms with Crippen molar-refractivity contribution in [3.05, 3.63) is 59.7 Å². The highest BCUT2D eigenvalue weighted by Crippen LogP contribution is 2.18. The monoisotopic (exact) mass is 241 g/mol. The highest BCUT2D eigenvalue weighted by atomic mass is 16.3. The van der Waals surface area contributed by atoms with Crippen molar-refractivity contribution in [1.82, 2.24) is 0 Å². The highest BCUT2D eigenvalue weighted by molar-refractivity contribution is 5.48. The fourth-order valence-corrected chi connectivity index (χ4v) is 1.84. The molecule has 0 saturated heterocycles. The quantitative estimate of drug-likeness (QED) is 0.843. The van der Waals surface area contributed by atoms with Crippen molar-refractivity contribution >= 4 is 5.69 Å². The summed E-state index contributed by atoms with van der Waals surface area (Å²) in [5.41, 5.74) is 3.53. The van der Waals surface area contributed by atoms with Gasteiger partial charge in [-0.3, -0.25) is 0 Å². The van der Waals surface area contributed by atoms with Gasteiger partial charge in [0.1, 0.15) is 5.75 Å². The Bertz CT molecular complexity index is 503. The standard InChI is InChI=1S/C16H19NO/c1-12(2)14-8-6-13(7-9-14)11-17-15-4-3-5-16(18)10-15/h3-10,12,17-18H,11H2,1-2H3. The van der Waals surface area contributed by atoms with Gasteiger partial charge in [-0.1, -0.05) is 44.2 Å². The van der Waals surface area contributed by atoms with E-state index >= 15 is 0 Å². The minimum Gasteiger partial charge on any atom is -0.508 e. The molecule has 0 aliphatic heterocycles. The van der Waals surface area contributed by atoms with Gasteiger partial charge in [-0.15, -0.1) is 0 Å². The Balaban J connectivity index is 1.98. The predicted molar refractivity (Wildman–Crippen MR) is 76.0 cm³/mol. The first kappa shape index (κ1) is 12.5. The lowest BCUT2D eigenvalue weighted by molar-refractivity contribution is 0.475. The molecule has 0 saturated carbocycles. The summed E-state index contributed by atoms with van der Waals surface area (Å²) >= 11 is 0. The van der Waals surface area contributed by atoms with Crippen LogP contribution in [0.15, 0.2) is 48.5 Å². The van der Waals surface area contributed by atoms with Gasteiger partial charge in [-0.05, 0) is 29.2 Å². The van der Waals surface area contributed by atoms with E-state index in [0.717, 1.165) is 12.2 Å². The van der Waals surface area contributed by atoms with Gasteiger partial charge in [0.15, 0.2) is 0 Å². The number of hydrogen-bond donors (Lipinski definition) is 2. The zero-order valence-corrected chi connectivity index (χ0v) is 10.9. The third-order valence-corrected chi connectivity index (χ3v) is 2.99. The second-order valence-corrected chi connectivity index (χ2v) is 4.80. The van der Waals surface area contributed by atoms with E-state index < -0.39 is 0 Å². The lowest BCUT2D eigenvalue weighted by Gasteiger charge is -2.09. The molecule has 0 bridgehead atoms. The van der Waals surface area contributed by atoms with Crippen molar-refractivity contribution in [3.8, 4) is 5.75 Å². The van der Waals surface area contributed by atoms with Crippen LogP contribution >= 0.6 is 0 Å². The molecule has 2 nitrogen and oxygen atoms in total. The fourth-order valence-electron chi connectivity index (χ4n) is 1.84. The molecule has 18 heavy (non-hydrogen) atoms. The summed E-state index contributed by atoms with van der Waals surface area (Å²) in [6, 6.07) is 15.8. The second kappa shape index (κ2) is 5.58. The molecule has 0 unspecified atom stereocenters. The topological polar surface area (TPSA) is 32.3 Å². The third-order valence-electron chi connectivity index (χ3n) is 2.99. The van der Waals surface area contributed by atoms with Crippen LogP contribution in [0.3, 0.4) is 0 Å². The molecule has 0 spiro atoms. The minimum absolute atomic E-state index is 0.287. The van der Waals surface area contributed by atoms with Gasteiger partial charge < -0.3 is 10.4 Å². The molecule has 2 aromatic carbocycles. The molecule has 94 valence electrons. The van der Waals surface area contributed by atoms with Crippen molar-refractivity contribution in [3.63, 3.8) is 0 Å². The van der Waals surface area contributed by atoms with E-state index in [9.17, 15) is 5.11 Å². The number of anilines is 1. The molecule has 2 rings (SSSR count). The summed E-state index contributed by atoms with van der Waals surface area (Å²) in [6.07, 6.45) is 0.